The van der Waals surface area contributed by atoms with Crippen molar-refractivity contribution in [2.45, 2.75) is 46.0 Å². The molecule has 3 rings (SSSR count). The average Bonchev–Trinajstić information content (AvgIpc) is 3.29. The van der Waals surface area contributed by atoms with Gasteiger partial charge in [0.25, 0.3) is 0 Å². The smallest absolute Gasteiger partial charge is 0.0378 e. The molecule has 0 spiro atoms. The molecule has 0 atom stereocenters. The van der Waals surface area contributed by atoms with Gasteiger partial charge in [0.1, 0.15) is 0 Å². The van der Waals surface area contributed by atoms with Crippen molar-refractivity contribution in [2.75, 3.05) is 0 Å². The zero-order valence-electron chi connectivity index (χ0n) is 13.2. The summed E-state index contributed by atoms with van der Waals surface area (Å²) in [5.74, 6) is 2.93. The van der Waals surface area contributed by atoms with Crippen molar-refractivity contribution in [3.8, 4) is 0 Å². The first kappa shape index (κ1) is 14.4. The number of nitrogens with two attached hydrogens (primary N) is 1. The van der Waals surface area contributed by atoms with E-state index >= 15 is 0 Å². The molecule has 1 aromatic rings. The molecule has 2 fully saturated rings. The first-order valence-corrected chi connectivity index (χ1v) is 8.17. The number of rotatable bonds is 6. The van der Waals surface area contributed by atoms with Gasteiger partial charge in [0.2, 0.25) is 0 Å². The van der Waals surface area contributed by atoms with E-state index in [0.29, 0.717) is 5.71 Å². The summed E-state index contributed by atoms with van der Waals surface area (Å²) in [6, 6.07) is 8.74. The maximum absolute atomic E-state index is 7.88. The van der Waals surface area contributed by atoms with Crippen LogP contribution in [0.2, 0.25) is 0 Å². The number of hydrogen-bond donors (Lipinski definition) is 2. The molecule has 0 aliphatic heterocycles. The molecule has 0 radical (unpaired) electrons. The summed E-state index contributed by atoms with van der Waals surface area (Å²) in [5, 5.41) is 7.88. The van der Waals surface area contributed by atoms with E-state index in [-0.39, 0.29) is 0 Å². The van der Waals surface area contributed by atoms with E-state index in [9.17, 15) is 0 Å². The first-order chi connectivity index (χ1) is 10.1. The van der Waals surface area contributed by atoms with E-state index in [4.69, 9.17) is 11.1 Å². The number of benzene rings is 1. The molecule has 2 heteroatoms. The zero-order chi connectivity index (χ0) is 15.0. The lowest BCUT2D eigenvalue weighted by molar-refractivity contribution is 0.403. The third kappa shape index (κ3) is 3.37. The average molecular weight is 282 g/mol. The second-order valence-electron chi connectivity index (χ2n) is 6.92. The van der Waals surface area contributed by atoms with E-state index in [1.54, 1.807) is 6.92 Å². The molecule has 21 heavy (non-hydrogen) atoms. The molecule has 0 unspecified atom stereocenters. The molecular weight excluding hydrogens is 256 g/mol. The van der Waals surface area contributed by atoms with E-state index < -0.39 is 0 Å². The van der Waals surface area contributed by atoms with Crippen molar-refractivity contribution < 1.29 is 0 Å². The van der Waals surface area contributed by atoms with Crippen molar-refractivity contribution in [1.82, 2.24) is 0 Å². The Morgan fingerprint density at radius 2 is 1.62 bits per heavy atom. The molecular formula is C19H26N2. The highest BCUT2D eigenvalue weighted by atomic mass is 14.6. The highest BCUT2D eigenvalue weighted by Gasteiger charge is 2.40. The standard InChI is InChI=1S/C19H26N2/c1-12(20)19(13(2)21)17-5-3-14(4-6-17)11-18(15-7-8-15)16-9-10-16/h3-6,15-16,18,20H,7-11,21H2,1-2H3/b19-13+,20-12?. The van der Waals surface area contributed by atoms with Gasteiger partial charge in [-0.3, -0.25) is 0 Å². The molecule has 1 aromatic carbocycles. The highest BCUT2D eigenvalue weighted by Crippen LogP contribution is 2.50. The van der Waals surface area contributed by atoms with Crippen LogP contribution in [-0.4, -0.2) is 5.71 Å². The molecule has 0 bridgehead atoms. The summed E-state index contributed by atoms with van der Waals surface area (Å²) in [4.78, 5) is 0. The Morgan fingerprint density at radius 3 is 2.00 bits per heavy atom. The number of hydrogen-bond acceptors (Lipinski definition) is 2. The molecule has 0 saturated heterocycles. The molecule has 2 saturated carbocycles. The Balaban J connectivity index is 1.74. The Morgan fingerprint density at radius 1 is 1.10 bits per heavy atom. The zero-order valence-corrected chi connectivity index (χ0v) is 13.2. The van der Waals surface area contributed by atoms with E-state index in [1.807, 2.05) is 6.92 Å². The van der Waals surface area contributed by atoms with Gasteiger partial charge in [-0.1, -0.05) is 24.3 Å². The van der Waals surface area contributed by atoms with E-state index in [0.717, 1.165) is 34.6 Å². The summed E-state index contributed by atoms with van der Waals surface area (Å²) in [5.41, 5.74) is 10.6. The van der Waals surface area contributed by atoms with Crippen LogP contribution in [0.3, 0.4) is 0 Å². The number of nitrogens with one attached hydrogen (secondary N) is 1. The predicted molar refractivity (Wildman–Crippen MR) is 89.3 cm³/mol. The van der Waals surface area contributed by atoms with Gasteiger partial charge in [-0.15, -0.1) is 0 Å². The second-order valence-corrected chi connectivity index (χ2v) is 6.92. The van der Waals surface area contributed by atoms with Crippen LogP contribution < -0.4 is 5.73 Å². The Kier molecular flexibility index (Phi) is 3.88. The second kappa shape index (κ2) is 5.67. The third-order valence-electron chi connectivity index (χ3n) is 4.94. The van der Waals surface area contributed by atoms with Crippen LogP contribution >= 0.6 is 0 Å². The lowest BCUT2D eigenvalue weighted by Crippen LogP contribution is -2.10. The quantitative estimate of drug-likeness (QED) is 0.747. The molecule has 112 valence electrons. The topological polar surface area (TPSA) is 49.9 Å². The molecule has 2 aliphatic carbocycles. The molecule has 2 nitrogen and oxygen atoms in total. The maximum Gasteiger partial charge on any atom is 0.0378 e. The molecule has 0 amide bonds. The van der Waals surface area contributed by atoms with Crippen LogP contribution in [0.25, 0.3) is 5.57 Å². The normalized spacial score (nSPS) is 19.6. The Labute approximate surface area is 127 Å². The minimum Gasteiger partial charge on any atom is -0.402 e. The monoisotopic (exact) mass is 282 g/mol. The lowest BCUT2D eigenvalue weighted by Gasteiger charge is -2.16. The van der Waals surface area contributed by atoms with Gasteiger partial charge in [-0.05, 0) is 74.8 Å². The first-order valence-electron chi connectivity index (χ1n) is 8.17. The molecule has 3 N–H and O–H groups in total. The van der Waals surface area contributed by atoms with Crippen molar-refractivity contribution in [3.05, 3.63) is 41.1 Å². The van der Waals surface area contributed by atoms with Crippen LogP contribution in [0.1, 0.15) is 50.7 Å². The van der Waals surface area contributed by atoms with Crippen LogP contribution in [0.5, 0.6) is 0 Å². The van der Waals surface area contributed by atoms with Crippen molar-refractivity contribution in [2.24, 2.45) is 23.5 Å². The molecule has 2 aliphatic rings. The van der Waals surface area contributed by atoms with Gasteiger partial charge in [0, 0.05) is 17.0 Å². The summed E-state index contributed by atoms with van der Waals surface area (Å²) in [6.45, 7) is 3.67. The fraction of sp³-hybridized carbons (Fsp3) is 0.526. The fourth-order valence-electron chi connectivity index (χ4n) is 3.59. The largest absolute Gasteiger partial charge is 0.402 e. The van der Waals surface area contributed by atoms with Gasteiger partial charge in [-0.2, -0.15) is 0 Å². The third-order valence-corrected chi connectivity index (χ3v) is 4.94. The van der Waals surface area contributed by atoms with E-state index in [2.05, 4.69) is 24.3 Å². The minimum absolute atomic E-state index is 0.539. The van der Waals surface area contributed by atoms with Crippen LogP contribution in [-0.2, 0) is 6.42 Å². The highest BCUT2D eigenvalue weighted by molar-refractivity contribution is 6.21. The summed E-state index contributed by atoms with van der Waals surface area (Å²) in [7, 11) is 0. The van der Waals surface area contributed by atoms with E-state index in [1.165, 1.54) is 37.7 Å². The van der Waals surface area contributed by atoms with Gasteiger partial charge in [0.05, 0.1) is 0 Å². The fourth-order valence-corrected chi connectivity index (χ4v) is 3.59. The molecule has 0 aromatic heterocycles. The van der Waals surface area contributed by atoms with Crippen molar-refractivity contribution >= 4 is 11.3 Å². The lowest BCUT2D eigenvalue weighted by atomic mass is 9.89. The Bertz CT molecular complexity index is 544. The van der Waals surface area contributed by atoms with Crippen LogP contribution in [0.4, 0.5) is 0 Å². The van der Waals surface area contributed by atoms with Crippen molar-refractivity contribution in [1.29, 1.82) is 5.41 Å². The number of allylic oxidation sites excluding steroid dienone is 2. The van der Waals surface area contributed by atoms with Gasteiger partial charge < -0.3 is 11.1 Å². The summed E-state index contributed by atoms with van der Waals surface area (Å²) in [6.07, 6.45) is 7.04. The molecule has 0 heterocycles. The van der Waals surface area contributed by atoms with Gasteiger partial charge in [-0.25, -0.2) is 0 Å². The predicted octanol–water partition coefficient (Wildman–Crippen LogP) is 4.39. The summed E-state index contributed by atoms with van der Waals surface area (Å²) < 4.78 is 0. The maximum atomic E-state index is 7.88. The van der Waals surface area contributed by atoms with Crippen LogP contribution in [0.15, 0.2) is 30.0 Å². The van der Waals surface area contributed by atoms with Gasteiger partial charge >= 0.3 is 0 Å². The SMILES string of the molecule is CC(=N)/C(=C(/C)N)c1ccc(CC(C2CC2)C2CC2)cc1. The van der Waals surface area contributed by atoms with Crippen molar-refractivity contribution in [3.63, 3.8) is 0 Å². The van der Waals surface area contributed by atoms with Crippen LogP contribution in [0, 0.1) is 23.2 Å². The minimum atomic E-state index is 0.539. The van der Waals surface area contributed by atoms with Gasteiger partial charge in [0.15, 0.2) is 0 Å². The Hall–Kier alpha value is -1.57. The summed E-state index contributed by atoms with van der Waals surface area (Å²) >= 11 is 0.